The van der Waals surface area contributed by atoms with Gasteiger partial charge < -0.3 is 15.0 Å². The summed E-state index contributed by atoms with van der Waals surface area (Å²) in [4.78, 5) is 17.4. The number of nitrogens with zero attached hydrogens (tertiary/aromatic N) is 4. The van der Waals surface area contributed by atoms with Gasteiger partial charge in [-0.1, -0.05) is 19.3 Å². The number of hydrogen-bond donors (Lipinski definition) is 0. The average molecular weight is 513 g/mol. The van der Waals surface area contributed by atoms with Crippen LogP contribution < -0.4 is 4.98 Å². The molecule has 2 heterocycles. The van der Waals surface area contributed by atoms with E-state index in [9.17, 15) is 0 Å². The van der Waals surface area contributed by atoms with Gasteiger partial charge in [0.05, 0.1) is 5.82 Å². The first kappa shape index (κ1) is 13.4. The smallest absolute Gasteiger partial charge is 0.112 e. The summed E-state index contributed by atoms with van der Waals surface area (Å²) in [6.45, 7) is 0. The van der Waals surface area contributed by atoms with Gasteiger partial charge in [-0.2, -0.15) is 0 Å². The van der Waals surface area contributed by atoms with Gasteiger partial charge in [-0.25, -0.2) is 4.98 Å². The fourth-order valence-corrected chi connectivity index (χ4v) is 2.95. The van der Waals surface area contributed by atoms with Crippen LogP contribution >= 0.6 is 22.6 Å². The molecule has 0 spiro atoms. The summed E-state index contributed by atoms with van der Waals surface area (Å²) in [5, 5.41) is 0. The molecule has 2 aromatic rings. The standard InChI is InChI=1S/C11H12IN4.Re/c12-9-8-11(14-6-13-8)16-10(15-9)7-4-2-1-3-5-7;/h6-7H,1-5H2;/q-1;. The van der Waals surface area contributed by atoms with E-state index in [-0.39, 0.29) is 20.4 Å². The molecule has 6 heteroatoms. The summed E-state index contributed by atoms with van der Waals surface area (Å²) in [6.07, 6.45) is 7.95. The van der Waals surface area contributed by atoms with Crippen LogP contribution in [-0.4, -0.2) is 15.0 Å². The van der Waals surface area contributed by atoms with E-state index in [1.165, 1.54) is 32.1 Å². The maximum Gasteiger partial charge on any atom is 0.112 e. The van der Waals surface area contributed by atoms with Gasteiger partial charge in [-0.05, 0) is 41.8 Å². The van der Waals surface area contributed by atoms with Crippen molar-refractivity contribution in [1.29, 1.82) is 0 Å². The molecule has 0 saturated heterocycles. The third-order valence-electron chi connectivity index (χ3n) is 3.18. The summed E-state index contributed by atoms with van der Waals surface area (Å²) < 4.78 is 0.931. The number of fused-ring (bicyclic) bond motifs is 1. The zero-order chi connectivity index (χ0) is 11.0. The second-order valence-corrected chi connectivity index (χ2v) is 5.28. The Balaban J connectivity index is 0.00000108. The molecule has 2 aromatic heterocycles. The van der Waals surface area contributed by atoms with Crippen molar-refractivity contribution in [3.63, 3.8) is 0 Å². The van der Waals surface area contributed by atoms with Crippen molar-refractivity contribution in [2.24, 2.45) is 0 Å². The monoisotopic (exact) mass is 514 g/mol. The third-order valence-corrected chi connectivity index (χ3v) is 3.93. The number of hydrogen-bond acceptors (Lipinski definition) is 3. The zero-order valence-corrected chi connectivity index (χ0v) is 14.1. The van der Waals surface area contributed by atoms with Gasteiger partial charge in [-0.15, -0.1) is 0 Å². The van der Waals surface area contributed by atoms with Crippen molar-refractivity contribution in [1.82, 2.24) is 19.9 Å². The maximum atomic E-state index is 4.57. The van der Waals surface area contributed by atoms with Crippen LogP contribution in [0, 0.1) is 3.70 Å². The van der Waals surface area contributed by atoms with Gasteiger partial charge in [0.1, 0.15) is 3.70 Å². The van der Waals surface area contributed by atoms with Crippen LogP contribution in [0.3, 0.4) is 0 Å². The van der Waals surface area contributed by atoms with E-state index >= 15 is 0 Å². The normalized spacial score (nSPS) is 17.0. The van der Waals surface area contributed by atoms with Crippen LogP contribution in [0.2, 0.25) is 0 Å². The van der Waals surface area contributed by atoms with Crippen LogP contribution in [0.1, 0.15) is 43.8 Å². The van der Waals surface area contributed by atoms with Crippen LogP contribution in [0.5, 0.6) is 0 Å². The molecule has 0 N–H and O–H groups in total. The van der Waals surface area contributed by atoms with Crippen molar-refractivity contribution in [3.8, 4) is 0 Å². The molecule has 0 aliphatic heterocycles. The zero-order valence-electron chi connectivity index (χ0n) is 9.24. The Hall–Kier alpha value is -0.0577. The van der Waals surface area contributed by atoms with E-state index in [2.05, 4.69) is 42.5 Å². The van der Waals surface area contributed by atoms with Gasteiger partial charge in [0.15, 0.2) is 0 Å². The topological polar surface area (TPSA) is 52.8 Å². The van der Waals surface area contributed by atoms with Crippen molar-refractivity contribution >= 4 is 33.8 Å². The first-order valence-electron chi connectivity index (χ1n) is 5.65. The van der Waals surface area contributed by atoms with E-state index in [1.54, 1.807) is 6.33 Å². The molecule has 0 unspecified atom stereocenters. The first-order chi connectivity index (χ1) is 7.84. The summed E-state index contributed by atoms with van der Waals surface area (Å²) >= 11 is 2.22. The number of aromatic nitrogens is 4. The van der Waals surface area contributed by atoms with Crippen LogP contribution in [0.15, 0.2) is 6.33 Å². The summed E-state index contributed by atoms with van der Waals surface area (Å²) in [5.74, 6) is 1.50. The summed E-state index contributed by atoms with van der Waals surface area (Å²) in [7, 11) is 0. The molecule has 1 radical (unpaired) electrons. The van der Waals surface area contributed by atoms with E-state index in [1.807, 2.05) is 0 Å². The van der Waals surface area contributed by atoms with Crippen LogP contribution in [0.4, 0.5) is 0 Å². The SMILES string of the molecule is Ic1nc(C2CCCCC2)nc2[n-]cnc12.[Re]. The summed E-state index contributed by atoms with van der Waals surface area (Å²) in [5.41, 5.74) is 1.58. The predicted molar refractivity (Wildman–Crippen MR) is 69.2 cm³/mol. The van der Waals surface area contributed by atoms with Crippen LogP contribution in [-0.2, 0) is 20.4 Å². The Kier molecular flexibility index (Phi) is 4.50. The fraction of sp³-hybridized carbons (Fsp3) is 0.545. The van der Waals surface area contributed by atoms with Gasteiger partial charge >= 0.3 is 0 Å². The molecule has 1 aliphatic rings. The Morgan fingerprint density at radius 3 is 2.71 bits per heavy atom. The van der Waals surface area contributed by atoms with E-state index in [0.29, 0.717) is 5.92 Å². The van der Waals surface area contributed by atoms with E-state index in [0.717, 1.165) is 20.7 Å². The maximum absolute atomic E-state index is 4.57. The molecule has 0 bridgehead atoms. The Labute approximate surface area is 127 Å². The minimum absolute atomic E-state index is 0. The number of halogens is 1. The second kappa shape index (κ2) is 5.72. The molecule has 0 atom stereocenters. The molecular weight excluding hydrogens is 501 g/mol. The average Bonchev–Trinajstić information content (AvgIpc) is 2.79. The minimum atomic E-state index is 0. The van der Waals surface area contributed by atoms with Gasteiger partial charge in [0, 0.05) is 37.5 Å². The van der Waals surface area contributed by atoms with Crippen molar-refractivity contribution in [3.05, 3.63) is 15.9 Å². The molecule has 1 aliphatic carbocycles. The van der Waals surface area contributed by atoms with Crippen molar-refractivity contribution in [2.75, 3.05) is 0 Å². The van der Waals surface area contributed by atoms with Gasteiger partial charge in [0.2, 0.25) is 0 Å². The Morgan fingerprint density at radius 1 is 1.18 bits per heavy atom. The molecular formula is C11H12IN4Re-. The molecule has 91 valence electrons. The fourth-order valence-electron chi connectivity index (χ4n) is 2.32. The third kappa shape index (κ3) is 2.69. The van der Waals surface area contributed by atoms with Crippen molar-refractivity contribution < 1.29 is 20.4 Å². The quantitative estimate of drug-likeness (QED) is 0.435. The molecule has 1 saturated carbocycles. The molecule has 3 rings (SSSR count). The summed E-state index contributed by atoms with van der Waals surface area (Å²) in [6, 6.07) is 0. The molecule has 0 amide bonds. The van der Waals surface area contributed by atoms with E-state index < -0.39 is 0 Å². The number of imidazole rings is 1. The molecule has 1 fully saturated rings. The molecule has 17 heavy (non-hydrogen) atoms. The Bertz CT molecular complexity index is 507. The first-order valence-corrected chi connectivity index (χ1v) is 6.73. The largest absolute Gasteiger partial charge is 0.366 e. The second-order valence-electron chi connectivity index (χ2n) is 4.25. The van der Waals surface area contributed by atoms with Crippen molar-refractivity contribution in [2.45, 2.75) is 38.0 Å². The minimum Gasteiger partial charge on any atom is -0.366 e. The van der Waals surface area contributed by atoms with Gasteiger partial charge in [0.25, 0.3) is 0 Å². The predicted octanol–water partition coefficient (Wildman–Crippen LogP) is 2.63. The molecule has 0 aromatic carbocycles. The van der Waals surface area contributed by atoms with E-state index in [4.69, 9.17) is 0 Å². The number of rotatable bonds is 1. The Morgan fingerprint density at radius 2 is 1.94 bits per heavy atom. The van der Waals surface area contributed by atoms with Gasteiger partial charge in [-0.3, -0.25) is 0 Å². The van der Waals surface area contributed by atoms with Crippen LogP contribution in [0.25, 0.3) is 11.2 Å². The molecule has 4 nitrogen and oxygen atoms in total.